The van der Waals surface area contributed by atoms with Gasteiger partial charge in [-0.05, 0) is 13.8 Å². The number of rotatable bonds is 3. The van der Waals surface area contributed by atoms with Gasteiger partial charge in [-0.2, -0.15) is 5.26 Å². The Morgan fingerprint density at radius 3 is 2.56 bits per heavy atom. The second-order valence-electron chi connectivity index (χ2n) is 1.88. The Morgan fingerprint density at radius 1 is 1.67 bits per heavy atom. The summed E-state index contributed by atoms with van der Waals surface area (Å²) in [5, 5.41) is 18.2. The summed E-state index contributed by atoms with van der Waals surface area (Å²) in [6, 6.07) is 1.87. The van der Waals surface area contributed by atoms with Crippen molar-refractivity contribution in [3.8, 4) is 6.07 Å². The van der Waals surface area contributed by atoms with Crippen LogP contribution in [0.1, 0.15) is 13.8 Å². The summed E-state index contributed by atoms with van der Waals surface area (Å²) in [5.41, 5.74) is 0. The van der Waals surface area contributed by atoms with Gasteiger partial charge < -0.3 is 4.74 Å². The maximum Gasteiger partial charge on any atom is 0.141 e. The van der Waals surface area contributed by atoms with Crippen molar-refractivity contribution in [3.05, 3.63) is 0 Å². The van der Waals surface area contributed by atoms with E-state index in [-0.39, 0.29) is 12.7 Å². The average molecular weight is 128 g/mol. The predicted molar refractivity (Wildman–Crippen MR) is 31.2 cm³/mol. The number of nitriles is 1. The molecule has 0 aromatic rings. The zero-order chi connectivity index (χ0) is 7.28. The minimum Gasteiger partial charge on any atom is -0.358 e. The molecule has 0 aromatic carbocycles. The summed E-state index contributed by atoms with van der Waals surface area (Å²) in [6.07, 6.45) is -0.811. The van der Waals surface area contributed by atoms with E-state index in [4.69, 9.17) is 10.00 Å². The lowest BCUT2D eigenvalue weighted by Crippen LogP contribution is -2.18. The van der Waals surface area contributed by atoms with Gasteiger partial charge in [-0.25, -0.2) is 5.11 Å². The van der Waals surface area contributed by atoms with Gasteiger partial charge in [-0.1, -0.05) is 0 Å². The lowest BCUT2D eigenvalue weighted by Gasteiger charge is -2.09. The summed E-state index contributed by atoms with van der Waals surface area (Å²) in [5.74, 6) is 0. The quantitative estimate of drug-likeness (QED) is 0.562. The fraction of sp³-hybridized carbons (Fsp3) is 0.833. The lowest BCUT2D eigenvalue weighted by atomic mass is 10.4. The lowest BCUT2D eigenvalue weighted by molar-refractivity contribution is -0.0161. The molecule has 0 rings (SSSR count). The highest BCUT2D eigenvalue weighted by Crippen LogP contribution is 1.94. The molecule has 51 valence electrons. The van der Waals surface area contributed by atoms with Crippen LogP contribution in [0.25, 0.3) is 0 Å². The van der Waals surface area contributed by atoms with Crippen molar-refractivity contribution in [2.24, 2.45) is 0 Å². The van der Waals surface area contributed by atoms with Crippen LogP contribution in [0.15, 0.2) is 0 Å². The molecule has 0 fully saturated rings. The molecule has 9 heavy (non-hydrogen) atoms. The van der Waals surface area contributed by atoms with Gasteiger partial charge in [-0.15, -0.1) is 0 Å². The van der Waals surface area contributed by atoms with Gasteiger partial charge >= 0.3 is 0 Å². The zero-order valence-electron chi connectivity index (χ0n) is 5.63. The Hall–Kier alpha value is -0.590. The largest absolute Gasteiger partial charge is 0.358 e. The Kier molecular flexibility index (Phi) is 4.02. The Bertz CT molecular complexity index is 108. The number of nitrogens with zero attached hydrogens (tertiary/aromatic N) is 1. The fourth-order valence-corrected chi connectivity index (χ4v) is 0.418. The van der Waals surface area contributed by atoms with E-state index >= 15 is 0 Å². The van der Waals surface area contributed by atoms with Crippen LogP contribution in [0.4, 0.5) is 0 Å². The standard InChI is InChI=1S/C6H10NO2/c1-5(3-7)9-6(2)4-8/h5-6H,4H2,1-2H3. The molecule has 0 aromatic heterocycles. The molecule has 3 nitrogen and oxygen atoms in total. The number of ether oxygens (including phenoxy) is 1. The van der Waals surface area contributed by atoms with Crippen molar-refractivity contribution in [1.82, 2.24) is 0 Å². The van der Waals surface area contributed by atoms with E-state index in [1.165, 1.54) is 0 Å². The van der Waals surface area contributed by atoms with Crippen molar-refractivity contribution < 1.29 is 9.84 Å². The van der Waals surface area contributed by atoms with E-state index in [0.717, 1.165) is 0 Å². The molecule has 2 unspecified atom stereocenters. The fourth-order valence-electron chi connectivity index (χ4n) is 0.418. The molecule has 0 heterocycles. The van der Waals surface area contributed by atoms with Crippen molar-refractivity contribution in [1.29, 1.82) is 5.26 Å². The highest BCUT2D eigenvalue weighted by Gasteiger charge is 2.05. The molecule has 0 aliphatic carbocycles. The third-order valence-electron chi connectivity index (χ3n) is 0.853. The molecule has 0 aliphatic heterocycles. The maximum atomic E-state index is 10.0. The second kappa shape index (κ2) is 4.30. The van der Waals surface area contributed by atoms with Gasteiger partial charge in [0.25, 0.3) is 0 Å². The maximum absolute atomic E-state index is 10.0. The summed E-state index contributed by atoms with van der Waals surface area (Å²) in [6.45, 7) is 2.99. The SMILES string of the molecule is CC(C#N)OC(C)C[O]. The summed E-state index contributed by atoms with van der Waals surface area (Å²) in [4.78, 5) is 0. The van der Waals surface area contributed by atoms with Crippen molar-refractivity contribution >= 4 is 0 Å². The van der Waals surface area contributed by atoms with Crippen molar-refractivity contribution in [2.75, 3.05) is 6.61 Å². The minimum atomic E-state index is -0.464. The van der Waals surface area contributed by atoms with E-state index in [1.807, 2.05) is 6.07 Å². The second-order valence-corrected chi connectivity index (χ2v) is 1.88. The first-order valence-electron chi connectivity index (χ1n) is 2.84. The number of hydrogen-bond donors (Lipinski definition) is 0. The Labute approximate surface area is 54.9 Å². The molecule has 2 atom stereocenters. The molecule has 0 aliphatic rings. The van der Waals surface area contributed by atoms with Crippen molar-refractivity contribution in [2.45, 2.75) is 26.1 Å². The smallest absolute Gasteiger partial charge is 0.141 e. The Morgan fingerprint density at radius 2 is 2.22 bits per heavy atom. The molecule has 3 heteroatoms. The third kappa shape index (κ3) is 3.95. The molecule has 0 spiro atoms. The monoisotopic (exact) mass is 128 g/mol. The van der Waals surface area contributed by atoms with E-state index < -0.39 is 6.10 Å². The minimum absolute atomic E-state index is 0.286. The highest BCUT2D eigenvalue weighted by atomic mass is 16.5. The van der Waals surface area contributed by atoms with Crippen LogP contribution >= 0.6 is 0 Å². The molecule has 0 N–H and O–H groups in total. The predicted octanol–water partition coefficient (Wildman–Crippen LogP) is 0.734. The van der Waals surface area contributed by atoms with E-state index in [9.17, 15) is 5.11 Å². The average Bonchev–Trinajstić information content (AvgIpc) is 1.87. The Balaban J connectivity index is 3.37. The van der Waals surface area contributed by atoms with E-state index in [1.54, 1.807) is 13.8 Å². The van der Waals surface area contributed by atoms with Gasteiger partial charge in [0.1, 0.15) is 12.7 Å². The van der Waals surface area contributed by atoms with Gasteiger partial charge in [0.05, 0.1) is 12.2 Å². The van der Waals surface area contributed by atoms with Gasteiger partial charge in [0.2, 0.25) is 0 Å². The van der Waals surface area contributed by atoms with Gasteiger partial charge in [0, 0.05) is 0 Å². The molecule has 0 amide bonds. The van der Waals surface area contributed by atoms with Crippen LogP contribution in [-0.4, -0.2) is 18.8 Å². The van der Waals surface area contributed by atoms with Crippen LogP contribution in [0.2, 0.25) is 0 Å². The molecule has 0 bridgehead atoms. The van der Waals surface area contributed by atoms with Crippen LogP contribution in [0, 0.1) is 11.3 Å². The topological polar surface area (TPSA) is 52.9 Å². The highest BCUT2D eigenvalue weighted by molar-refractivity contribution is 4.79. The molecule has 0 saturated heterocycles. The first kappa shape index (κ1) is 8.41. The van der Waals surface area contributed by atoms with Crippen LogP contribution in [-0.2, 0) is 9.84 Å². The third-order valence-corrected chi connectivity index (χ3v) is 0.853. The van der Waals surface area contributed by atoms with Crippen LogP contribution in [0.5, 0.6) is 0 Å². The molecule has 1 radical (unpaired) electrons. The zero-order valence-corrected chi connectivity index (χ0v) is 5.63. The summed E-state index contributed by atoms with van der Waals surface area (Å²) >= 11 is 0. The summed E-state index contributed by atoms with van der Waals surface area (Å²) < 4.78 is 4.88. The van der Waals surface area contributed by atoms with Crippen LogP contribution < -0.4 is 0 Å². The first-order valence-corrected chi connectivity index (χ1v) is 2.84. The normalized spacial score (nSPS) is 16.2. The number of hydrogen-bond acceptors (Lipinski definition) is 2. The van der Waals surface area contributed by atoms with E-state index in [0.29, 0.717) is 0 Å². The van der Waals surface area contributed by atoms with Gasteiger partial charge in [-0.3, -0.25) is 0 Å². The van der Waals surface area contributed by atoms with Gasteiger partial charge in [0.15, 0.2) is 0 Å². The van der Waals surface area contributed by atoms with E-state index in [2.05, 4.69) is 0 Å². The molecular weight excluding hydrogens is 118 g/mol. The molecule has 0 saturated carbocycles. The summed E-state index contributed by atoms with van der Waals surface area (Å²) in [7, 11) is 0. The van der Waals surface area contributed by atoms with Crippen molar-refractivity contribution in [3.63, 3.8) is 0 Å². The molecular formula is C6H10NO2. The first-order chi connectivity index (χ1) is 4.20. The van der Waals surface area contributed by atoms with Crippen LogP contribution in [0.3, 0.4) is 0 Å².